The molecule has 1 aromatic carbocycles. The van der Waals surface area contributed by atoms with Gasteiger partial charge in [-0.25, -0.2) is 4.98 Å². The van der Waals surface area contributed by atoms with Crippen LogP contribution in [0.3, 0.4) is 0 Å². The summed E-state index contributed by atoms with van der Waals surface area (Å²) in [6, 6.07) is 3.64. The molecule has 1 saturated heterocycles. The summed E-state index contributed by atoms with van der Waals surface area (Å²) in [6.45, 7) is 9.06. The monoisotopic (exact) mass is 410 g/mol. The minimum absolute atomic E-state index is 0.0202. The molecule has 2 aromatic rings. The maximum atomic E-state index is 13.1. The fourth-order valence-corrected chi connectivity index (χ4v) is 4.06. The molecule has 0 spiro atoms. The third kappa shape index (κ3) is 4.64. The van der Waals surface area contributed by atoms with E-state index < -0.39 is 17.3 Å². The van der Waals surface area contributed by atoms with Crippen LogP contribution in [0.15, 0.2) is 23.0 Å². The smallest absolute Gasteiger partial charge is 0.313 e. The number of alkyl halides is 3. The number of halogens is 3. The van der Waals surface area contributed by atoms with E-state index in [0.29, 0.717) is 23.9 Å². The Morgan fingerprint density at radius 2 is 2.03 bits per heavy atom. The topological polar surface area (TPSA) is 50.2 Å². The summed E-state index contributed by atoms with van der Waals surface area (Å²) in [5, 5.41) is 3.50. The summed E-state index contributed by atoms with van der Waals surface area (Å²) < 4.78 is 40.9. The van der Waals surface area contributed by atoms with Crippen LogP contribution in [-0.4, -0.2) is 40.1 Å². The highest BCUT2D eigenvalue weighted by Gasteiger charge is 2.32. The first-order valence-electron chi connectivity index (χ1n) is 10.3. The molecule has 0 aliphatic carbocycles. The SMILES string of the molecule is CCCC(c1nc2ccc(C(F)(F)F)cc2c(=O)n1CC)N1CCNC(C)CC1. The van der Waals surface area contributed by atoms with E-state index in [1.165, 1.54) is 6.07 Å². The normalized spacial score (nSPS) is 20.0. The van der Waals surface area contributed by atoms with E-state index >= 15 is 0 Å². The molecular weight excluding hydrogens is 381 g/mol. The Kier molecular flexibility index (Phi) is 6.63. The Morgan fingerprint density at radius 3 is 2.69 bits per heavy atom. The lowest BCUT2D eigenvalue weighted by atomic mass is 10.1. The van der Waals surface area contributed by atoms with E-state index in [1.807, 2.05) is 6.92 Å². The van der Waals surface area contributed by atoms with Crippen LogP contribution in [0, 0.1) is 0 Å². The molecular formula is C21H29F3N4O. The van der Waals surface area contributed by atoms with Crippen molar-refractivity contribution in [1.29, 1.82) is 0 Å². The number of rotatable bonds is 5. The van der Waals surface area contributed by atoms with Crippen molar-refractivity contribution in [2.45, 2.75) is 64.8 Å². The van der Waals surface area contributed by atoms with Crippen molar-refractivity contribution in [2.75, 3.05) is 19.6 Å². The van der Waals surface area contributed by atoms with Crippen molar-refractivity contribution in [1.82, 2.24) is 19.8 Å². The summed E-state index contributed by atoms with van der Waals surface area (Å²) in [6.07, 6.45) is -1.72. The summed E-state index contributed by atoms with van der Waals surface area (Å²) in [5.74, 6) is 0.654. The molecule has 0 amide bonds. The maximum Gasteiger partial charge on any atom is 0.416 e. The average Bonchev–Trinajstić information content (AvgIpc) is 2.89. The first-order valence-corrected chi connectivity index (χ1v) is 10.3. The predicted molar refractivity (Wildman–Crippen MR) is 108 cm³/mol. The van der Waals surface area contributed by atoms with Gasteiger partial charge in [0.2, 0.25) is 0 Å². The third-order valence-corrected chi connectivity index (χ3v) is 5.67. The molecule has 160 valence electrons. The average molecular weight is 410 g/mol. The first-order chi connectivity index (χ1) is 13.8. The Bertz CT molecular complexity index is 909. The second-order valence-corrected chi connectivity index (χ2v) is 7.73. The number of nitrogens with zero attached hydrogens (tertiary/aromatic N) is 3. The largest absolute Gasteiger partial charge is 0.416 e. The Morgan fingerprint density at radius 1 is 1.28 bits per heavy atom. The quantitative estimate of drug-likeness (QED) is 0.811. The number of hydrogen-bond acceptors (Lipinski definition) is 4. The van der Waals surface area contributed by atoms with Crippen LogP contribution in [0.1, 0.15) is 57.5 Å². The lowest BCUT2D eigenvalue weighted by Gasteiger charge is -2.31. The molecule has 0 radical (unpaired) electrons. The zero-order chi connectivity index (χ0) is 21.2. The molecule has 1 aliphatic heterocycles. The van der Waals surface area contributed by atoms with Gasteiger partial charge in [0.05, 0.1) is 22.5 Å². The fourth-order valence-electron chi connectivity index (χ4n) is 4.06. The number of benzene rings is 1. The molecule has 8 heteroatoms. The van der Waals surface area contributed by atoms with Crippen LogP contribution in [0.4, 0.5) is 13.2 Å². The van der Waals surface area contributed by atoms with Crippen LogP contribution >= 0.6 is 0 Å². The van der Waals surface area contributed by atoms with E-state index in [9.17, 15) is 18.0 Å². The van der Waals surface area contributed by atoms with Crippen molar-refractivity contribution in [2.24, 2.45) is 0 Å². The summed E-state index contributed by atoms with van der Waals surface area (Å²) in [4.78, 5) is 20.2. The molecule has 1 N–H and O–H groups in total. The minimum Gasteiger partial charge on any atom is -0.313 e. The standard InChI is InChI=1S/C21H29F3N4O/c1-4-6-18(27-11-9-14(3)25-10-12-27)19-26-17-8-7-15(21(22,23)24)13-16(17)20(29)28(19)5-2/h7-8,13-14,18,25H,4-6,9-12H2,1-3H3. The number of hydrogen-bond donors (Lipinski definition) is 1. The van der Waals surface area contributed by atoms with E-state index in [4.69, 9.17) is 4.98 Å². The molecule has 1 aliphatic rings. The third-order valence-electron chi connectivity index (χ3n) is 5.67. The molecule has 0 bridgehead atoms. The molecule has 0 saturated carbocycles. The van der Waals surface area contributed by atoms with Gasteiger partial charge in [0.25, 0.3) is 5.56 Å². The number of fused-ring (bicyclic) bond motifs is 1. The van der Waals surface area contributed by atoms with Crippen molar-refractivity contribution in [3.8, 4) is 0 Å². The van der Waals surface area contributed by atoms with Gasteiger partial charge in [-0.05, 0) is 44.9 Å². The lowest BCUT2D eigenvalue weighted by Crippen LogP contribution is -2.37. The summed E-state index contributed by atoms with van der Waals surface area (Å²) in [5.41, 5.74) is -0.900. The summed E-state index contributed by atoms with van der Waals surface area (Å²) in [7, 11) is 0. The highest BCUT2D eigenvalue weighted by atomic mass is 19.4. The highest BCUT2D eigenvalue weighted by Crippen LogP contribution is 2.31. The zero-order valence-corrected chi connectivity index (χ0v) is 17.2. The lowest BCUT2D eigenvalue weighted by molar-refractivity contribution is -0.137. The van der Waals surface area contributed by atoms with E-state index in [0.717, 1.165) is 51.0 Å². The second kappa shape index (κ2) is 8.83. The van der Waals surface area contributed by atoms with Crippen LogP contribution in [0.25, 0.3) is 10.9 Å². The fraction of sp³-hybridized carbons (Fsp3) is 0.619. The van der Waals surface area contributed by atoms with Crippen LogP contribution < -0.4 is 10.9 Å². The Labute approximate surface area is 168 Å². The van der Waals surface area contributed by atoms with E-state index in [1.54, 1.807) is 4.57 Å². The molecule has 2 unspecified atom stereocenters. The molecule has 2 atom stereocenters. The Balaban J connectivity index is 2.11. The van der Waals surface area contributed by atoms with Gasteiger partial charge in [-0.15, -0.1) is 0 Å². The van der Waals surface area contributed by atoms with Crippen LogP contribution in [-0.2, 0) is 12.7 Å². The molecule has 1 aromatic heterocycles. The Hall–Kier alpha value is -1.93. The van der Waals surface area contributed by atoms with Gasteiger partial charge in [0, 0.05) is 32.2 Å². The van der Waals surface area contributed by atoms with Crippen molar-refractivity contribution in [3.05, 3.63) is 39.9 Å². The first kappa shape index (κ1) is 21.8. The van der Waals surface area contributed by atoms with Crippen LogP contribution in [0.2, 0.25) is 0 Å². The minimum atomic E-state index is -4.49. The van der Waals surface area contributed by atoms with E-state index in [2.05, 4.69) is 24.1 Å². The predicted octanol–water partition coefficient (Wildman–Crippen LogP) is 3.96. The summed E-state index contributed by atoms with van der Waals surface area (Å²) >= 11 is 0. The van der Waals surface area contributed by atoms with Crippen LogP contribution in [0.5, 0.6) is 0 Å². The van der Waals surface area contributed by atoms with E-state index in [-0.39, 0.29) is 11.4 Å². The maximum absolute atomic E-state index is 13.1. The van der Waals surface area contributed by atoms with Gasteiger partial charge in [-0.1, -0.05) is 13.3 Å². The molecule has 3 rings (SSSR count). The van der Waals surface area contributed by atoms with Gasteiger partial charge in [-0.2, -0.15) is 13.2 Å². The molecule has 2 heterocycles. The highest BCUT2D eigenvalue weighted by molar-refractivity contribution is 5.78. The van der Waals surface area contributed by atoms with Crippen molar-refractivity contribution >= 4 is 10.9 Å². The number of aromatic nitrogens is 2. The second-order valence-electron chi connectivity index (χ2n) is 7.73. The van der Waals surface area contributed by atoms with Gasteiger partial charge in [-0.3, -0.25) is 14.3 Å². The van der Waals surface area contributed by atoms with Gasteiger partial charge in [0.15, 0.2) is 0 Å². The number of nitrogens with one attached hydrogen (secondary N) is 1. The molecule has 29 heavy (non-hydrogen) atoms. The van der Waals surface area contributed by atoms with Crippen molar-refractivity contribution in [3.63, 3.8) is 0 Å². The molecule has 1 fully saturated rings. The van der Waals surface area contributed by atoms with Gasteiger partial charge >= 0.3 is 6.18 Å². The van der Waals surface area contributed by atoms with Gasteiger partial charge < -0.3 is 5.32 Å². The molecule has 5 nitrogen and oxygen atoms in total. The van der Waals surface area contributed by atoms with Gasteiger partial charge in [0.1, 0.15) is 5.82 Å². The zero-order valence-electron chi connectivity index (χ0n) is 17.2. The van der Waals surface area contributed by atoms with Crippen molar-refractivity contribution < 1.29 is 13.2 Å².